The third-order valence-electron chi connectivity index (χ3n) is 4.62. The minimum atomic E-state index is -0.213. The topological polar surface area (TPSA) is 72.2 Å². The molecule has 1 N–H and O–H groups in total. The van der Waals surface area contributed by atoms with E-state index in [1.54, 1.807) is 0 Å². The first-order chi connectivity index (χ1) is 15.6. The number of benzene rings is 3. The smallest absolute Gasteiger partial charge is 0.250 e. The third kappa shape index (κ3) is 5.33. The summed E-state index contributed by atoms with van der Waals surface area (Å²) >= 11 is 4.73. The first-order valence-corrected chi connectivity index (χ1v) is 11.7. The highest BCUT2D eigenvalue weighted by atomic mass is 79.9. The number of nitrogens with one attached hydrogen (secondary N) is 1. The molecule has 1 amide bonds. The van der Waals surface area contributed by atoms with Crippen LogP contribution in [0.1, 0.15) is 12.5 Å². The average Bonchev–Trinajstić information content (AvgIpc) is 3.27. The summed E-state index contributed by atoms with van der Waals surface area (Å²) in [4.78, 5) is 12.4. The molecular weight excluding hydrogens is 486 g/mol. The number of hydrogen-bond donors (Lipinski definition) is 1. The SMILES string of the molecule is C/C(=N/NC(=O)CSc1nnc(-c2ccccc2)n1-c1ccccc1)c1ccc(Br)cc1. The van der Waals surface area contributed by atoms with Crippen LogP contribution in [0.2, 0.25) is 0 Å². The maximum absolute atomic E-state index is 12.4. The first kappa shape index (κ1) is 22.0. The van der Waals surface area contributed by atoms with Crippen molar-refractivity contribution in [1.29, 1.82) is 0 Å². The van der Waals surface area contributed by atoms with Crippen molar-refractivity contribution in [3.63, 3.8) is 0 Å². The van der Waals surface area contributed by atoms with Crippen molar-refractivity contribution in [3.05, 3.63) is 95.0 Å². The lowest BCUT2D eigenvalue weighted by atomic mass is 10.1. The fourth-order valence-corrected chi connectivity index (χ4v) is 4.02. The fraction of sp³-hybridized carbons (Fsp3) is 0.0833. The van der Waals surface area contributed by atoms with Crippen molar-refractivity contribution < 1.29 is 4.79 Å². The molecule has 32 heavy (non-hydrogen) atoms. The number of thioether (sulfide) groups is 1. The summed E-state index contributed by atoms with van der Waals surface area (Å²) in [6.45, 7) is 1.86. The Morgan fingerprint density at radius 2 is 1.62 bits per heavy atom. The van der Waals surface area contributed by atoms with Gasteiger partial charge in [-0.15, -0.1) is 10.2 Å². The van der Waals surface area contributed by atoms with Gasteiger partial charge >= 0.3 is 0 Å². The van der Waals surface area contributed by atoms with Gasteiger partial charge < -0.3 is 0 Å². The Morgan fingerprint density at radius 1 is 0.969 bits per heavy atom. The summed E-state index contributed by atoms with van der Waals surface area (Å²) in [5.74, 6) is 0.677. The van der Waals surface area contributed by atoms with Crippen LogP contribution in [0.4, 0.5) is 0 Å². The van der Waals surface area contributed by atoms with E-state index in [1.807, 2.05) is 96.4 Å². The van der Waals surface area contributed by atoms with Crippen molar-refractivity contribution in [1.82, 2.24) is 20.2 Å². The molecule has 0 atom stereocenters. The second-order valence-electron chi connectivity index (χ2n) is 6.87. The third-order valence-corrected chi connectivity index (χ3v) is 6.08. The zero-order valence-electron chi connectivity index (χ0n) is 17.3. The molecule has 0 unspecified atom stereocenters. The molecule has 0 saturated carbocycles. The summed E-state index contributed by atoms with van der Waals surface area (Å²) in [7, 11) is 0. The number of rotatable bonds is 7. The molecule has 160 valence electrons. The molecule has 4 aromatic rings. The summed E-state index contributed by atoms with van der Waals surface area (Å²) in [5, 5.41) is 13.6. The van der Waals surface area contributed by atoms with Crippen LogP contribution in [0.3, 0.4) is 0 Å². The fourth-order valence-electron chi connectivity index (χ4n) is 3.01. The quantitative estimate of drug-likeness (QED) is 0.209. The van der Waals surface area contributed by atoms with Gasteiger partial charge in [-0.05, 0) is 36.8 Å². The number of para-hydroxylation sites is 1. The van der Waals surface area contributed by atoms with E-state index < -0.39 is 0 Å². The van der Waals surface area contributed by atoms with Crippen molar-refractivity contribution in [2.45, 2.75) is 12.1 Å². The zero-order chi connectivity index (χ0) is 22.3. The Bertz CT molecular complexity index is 1220. The van der Waals surface area contributed by atoms with E-state index in [1.165, 1.54) is 11.8 Å². The van der Waals surface area contributed by atoms with Crippen LogP contribution in [0.25, 0.3) is 17.1 Å². The number of aromatic nitrogens is 3. The van der Waals surface area contributed by atoms with Crippen molar-refractivity contribution in [2.75, 3.05) is 5.75 Å². The van der Waals surface area contributed by atoms with Gasteiger partial charge in [0.2, 0.25) is 0 Å². The molecule has 0 aliphatic carbocycles. The van der Waals surface area contributed by atoms with Gasteiger partial charge in [0.25, 0.3) is 5.91 Å². The van der Waals surface area contributed by atoms with Crippen LogP contribution in [-0.4, -0.2) is 32.1 Å². The highest BCUT2D eigenvalue weighted by molar-refractivity contribution is 9.10. The van der Waals surface area contributed by atoms with Crippen LogP contribution >= 0.6 is 27.7 Å². The van der Waals surface area contributed by atoms with Gasteiger partial charge in [-0.3, -0.25) is 9.36 Å². The molecule has 6 nitrogen and oxygen atoms in total. The van der Waals surface area contributed by atoms with Gasteiger partial charge in [0.05, 0.1) is 11.5 Å². The van der Waals surface area contributed by atoms with Gasteiger partial charge in [0.1, 0.15) is 0 Å². The molecule has 1 heterocycles. The van der Waals surface area contributed by atoms with E-state index in [4.69, 9.17) is 0 Å². The predicted octanol–water partition coefficient (Wildman–Crippen LogP) is 5.33. The predicted molar refractivity (Wildman–Crippen MR) is 132 cm³/mol. The minimum absolute atomic E-state index is 0.164. The molecular formula is C24H20BrN5OS. The molecule has 4 rings (SSSR count). The van der Waals surface area contributed by atoms with Gasteiger partial charge in [0.15, 0.2) is 11.0 Å². The van der Waals surface area contributed by atoms with Gasteiger partial charge in [-0.2, -0.15) is 5.10 Å². The van der Waals surface area contributed by atoms with Crippen molar-refractivity contribution >= 4 is 39.3 Å². The molecule has 0 spiro atoms. The van der Waals surface area contributed by atoms with E-state index in [9.17, 15) is 4.79 Å². The average molecular weight is 506 g/mol. The number of amides is 1. The molecule has 0 bridgehead atoms. The molecule has 8 heteroatoms. The number of carbonyl (C=O) groups excluding carboxylic acids is 1. The Morgan fingerprint density at radius 3 is 2.31 bits per heavy atom. The summed E-state index contributed by atoms with van der Waals surface area (Å²) in [5.41, 5.74) is 6.18. The number of carbonyl (C=O) groups is 1. The van der Waals surface area contributed by atoms with Gasteiger partial charge in [0, 0.05) is 15.7 Å². The number of halogens is 1. The number of nitrogens with zero attached hydrogens (tertiary/aromatic N) is 4. The van der Waals surface area contributed by atoms with E-state index in [2.05, 4.69) is 36.7 Å². The Labute approximate surface area is 198 Å². The lowest BCUT2D eigenvalue weighted by molar-refractivity contribution is -0.118. The maximum atomic E-state index is 12.4. The molecule has 0 aliphatic rings. The van der Waals surface area contributed by atoms with Gasteiger partial charge in [-0.1, -0.05) is 88.4 Å². The maximum Gasteiger partial charge on any atom is 0.250 e. The van der Waals surface area contributed by atoms with Crippen LogP contribution in [0.15, 0.2) is 99.7 Å². The molecule has 1 aromatic heterocycles. The molecule has 0 saturated heterocycles. The number of hydrazone groups is 1. The van der Waals surface area contributed by atoms with Crippen LogP contribution in [0, 0.1) is 0 Å². The zero-order valence-corrected chi connectivity index (χ0v) is 19.7. The minimum Gasteiger partial charge on any atom is -0.272 e. The highest BCUT2D eigenvalue weighted by Gasteiger charge is 2.17. The van der Waals surface area contributed by atoms with E-state index in [0.29, 0.717) is 5.16 Å². The molecule has 0 fully saturated rings. The monoisotopic (exact) mass is 505 g/mol. The standard InChI is InChI=1S/C24H20BrN5OS/c1-17(18-12-14-20(25)15-13-18)26-27-22(31)16-32-24-29-28-23(19-8-4-2-5-9-19)30(24)21-10-6-3-7-11-21/h2-15H,16H2,1H3,(H,27,31)/b26-17-. The van der Waals surface area contributed by atoms with Crippen LogP contribution < -0.4 is 5.43 Å². The lowest BCUT2D eigenvalue weighted by Crippen LogP contribution is -2.21. The Hall–Kier alpha value is -3.23. The van der Waals surface area contributed by atoms with E-state index in [-0.39, 0.29) is 11.7 Å². The van der Waals surface area contributed by atoms with Gasteiger partial charge in [-0.25, -0.2) is 5.43 Å². The molecule has 0 radical (unpaired) electrons. The largest absolute Gasteiger partial charge is 0.272 e. The van der Waals surface area contributed by atoms with E-state index >= 15 is 0 Å². The second-order valence-corrected chi connectivity index (χ2v) is 8.73. The van der Waals surface area contributed by atoms with Crippen LogP contribution in [-0.2, 0) is 4.79 Å². The highest BCUT2D eigenvalue weighted by Crippen LogP contribution is 2.27. The number of hydrogen-bond acceptors (Lipinski definition) is 5. The van der Waals surface area contributed by atoms with Crippen LogP contribution in [0.5, 0.6) is 0 Å². The summed E-state index contributed by atoms with van der Waals surface area (Å²) in [6.07, 6.45) is 0. The van der Waals surface area contributed by atoms with E-state index in [0.717, 1.165) is 32.8 Å². The second kappa shape index (κ2) is 10.4. The summed E-state index contributed by atoms with van der Waals surface area (Å²) in [6, 6.07) is 27.5. The lowest BCUT2D eigenvalue weighted by Gasteiger charge is -2.10. The Kier molecular flexibility index (Phi) is 7.14. The Balaban J connectivity index is 1.49. The summed E-state index contributed by atoms with van der Waals surface area (Å²) < 4.78 is 2.95. The van der Waals surface area contributed by atoms with Crippen molar-refractivity contribution in [2.24, 2.45) is 5.10 Å². The molecule has 3 aromatic carbocycles. The first-order valence-electron chi connectivity index (χ1n) is 9.90. The normalized spacial score (nSPS) is 11.4. The van der Waals surface area contributed by atoms with Crippen molar-refractivity contribution in [3.8, 4) is 17.1 Å². The molecule has 0 aliphatic heterocycles.